The van der Waals surface area contributed by atoms with Crippen molar-refractivity contribution in [3.8, 4) is 0 Å². The Labute approximate surface area is 147 Å². The number of carbonyl (C=O) groups is 2. The molecule has 7 heteroatoms. The number of nitrogens with one attached hydrogen (secondary N) is 2. The Bertz CT molecular complexity index is 864. The van der Waals surface area contributed by atoms with Crippen molar-refractivity contribution in [3.63, 3.8) is 0 Å². The van der Waals surface area contributed by atoms with Gasteiger partial charge in [0, 0.05) is 22.8 Å². The molecule has 0 fully saturated rings. The minimum Gasteiger partial charge on any atom is -0.322 e. The number of hydrogen-bond donors (Lipinski definition) is 2. The number of aromatic nitrogens is 1. The lowest BCUT2D eigenvalue weighted by Gasteiger charge is -2.07. The van der Waals surface area contributed by atoms with Crippen LogP contribution in [-0.4, -0.2) is 16.8 Å². The van der Waals surface area contributed by atoms with E-state index in [1.54, 1.807) is 60.1 Å². The van der Waals surface area contributed by atoms with Crippen molar-refractivity contribution in [2.24, 2.45) is 0 Å². The topological polar surface area (TPSA) is 71.1 Å². The molecule has 1 heterocycles. The van der Waals surface area contributed by atoms with E-state index in [0.29, 0.717) is 27.0 Å². The molecule has 0 saturated carbocycles. The second kappa shape index (κ2) is 7.25. The third-order valence-corrected chi connectivity index (χ3v) is 4.19. The van der Waals surface area contributed by atoms with Crippen LogP contribution in [-0.2, 0) is 0 Å². The van der Waals surface area contributed by atoms with E-state index in [-0.39, 0.29) is 11.8 Å². The van der Waals surface area contributed by atoms with Gasteiger partial charge in [0.15, 0.2) is 5.13 Å². The molecule has 0 aliphatic rings. The van der Waals surface area contributed by atoms with Gasteiger partial charge < -0.3 is 5.32 Å². The highest BCUT2D eigenvalue weighted by Crippen LogP contribution is 2.18. The molecule has 0 spiro atoms. The second-order valence-corrected chi connectivity index (χ2v) is 6.10. The van der Waals surface area contributed by atoms with E-state index in [1.165, 1.54) is 11.3 Å². The van der Waals surface area contributed by atoms with Crippen LogP contribution in [0.5, 0.6) is 0 Å². The predicted octanol–water partition coefficient (Wildman–Crippen LogP) is 4.30. The molecule has 3 rings (SSSR count). The van der Waals surface area contributed by atoms with Gasteiger partial charge in [-0.25, -0.2) is 4.98 Å². The summed E-state index contributed by atoms with van der Waals surface area (Å²) in [5.74, 6) is -0.561. The van der Waals surface area contributed by atoms with Gasteiger partial charge in [-0.2, -0.15) is 0 Å². The molecule has 1 aromatic heterocycles. The Balaban J connectivity index is 1.67. The Morgan fingerprint density at radius 2 is 1.71 bits per heavy atom. The van der Waals surface area contributed by atoms with Crippen molar-refractivity contribution < 1.29 is 9.59 Å². The third-order valence-electron chi connectivity index (χ3n) is 3.18. The zero-order valence-electron chi connectivity index (χ0n) is 12.3. The Morgan fingerprint density at radius 1 is 0.958 bits per heavy atom. The van der Waals surface area contributed by atoms with Crippen LogP contribution in [0.25, 0.3) is 0 Å². The van der Waals surface area contributed by atoms with Gasteiger partial charge in [0.05, 0.1) is 10.6 Å². The first-order valence-electron chi connectivity index (χ1n) is 7.00. The van der Waals surface area contributed by atoms with Gasteiger partial charge in [-0.1, -0.05) is 23.7 Å². The van der Waals surface area contributed by atoms with Gasteiger partial charge in [-0.05, 0) is 36.4 Å². The molecule has 0 bridgehead atoms. The number of amides is 2. The summed E-state index contributed by atoms with van der Waals surface area (Å²) in [6.07, 6.45) is 1.62. The number of hydrogen-bond acceptors (Lipinski definition) is 4. The summed E-state index contributed by atoms with van der Waals surface area (Å²) in [5.41, 5.74) is 1.44. The number of benzene rings is 2. The molecule has 24 heavy (non-hydrogen) atoms. The lowest BCUT2D eigenvalue weighted by atomic mass is 10.1. The molecule has 0 aliphatic carbocycles. The molecule has 2 N–H and O–H groups in total. The predicted molar refractivity (Wildman–Crippen MR) is 95.9 cm³/mol. The maximum Gasteiger partial charge on any atom is 0.257 e. The Morgan fingerprint density at radius 3 is 2.38 bits per heavy atom. The summed E-state index contributed by atoms with van der Waals surface area (Å²) >= 11 is 7.34. The molecule has 2 aromatic carbocycles. The average molecular weight is 358 g/mol. The highest BCUT2D eigenvalue weighted by Gasteiger charge is 2.11. The van der Waals surface area contributed by atoms with Gasteiger partial charge in [0.1, 0.15) is 0 Å². The SMILES string of the molecule is O=C(Nc1nccs1)c1ccc(NC(=O)c2ccccc2Cl)cc1. The molecule has 0 radical (unpaired) electrons. The minimum absolute atomic E-state index is 0.256. The fraction of sp³-hybridized carbons (Fsp3) is 0. The molecule has 0 unspecified atom stereocenters. The maximum absolute atomic E-state index is 12.2. The number of halogens is 1. The highest BCUT2D eigenvalue weighted by atomic mass is 35.5. The molecule has 0 atom stereocenters. The van der Waals surface area contributed by atoms with Crippen molar-refractivity contribution >= 4 is 45.6 Å². The van der Waals surface area contributed by atoms with Crippen molar-refractivity contribution in [3.05, 3.63) is 76.3 Å². The molecule has 0 saturated heterocycles. The molecule has 2 amide bonds. The van der Waals surface area contributed by atoms with Crippen molar-refractivity contribution in [1.82, 2.24) is 4.98 Å². The first-order chi connectivity index (χ1) is 11.6. The molecule has 3 aromatic rings. The van der Waals surface area contributed by atoms with Gasteiger partial charge in [0.2, 0.25) is 0 Å². The van der Waals surface area contributed by atoms with E-state index < -0.39 is 0 Å². The summed E-state index contributed by atoms with van der Waals surface area (Å²) in [7, 11) is 0. The molecule has 0 aliphatic heterocycles. The largest absolute Gasteiger partial charge is 0.322 e. The van der Waals surface area contributed by atoms with Crippen molar-refractivity contribution in [2.75, 3.05) is 10.6 Å². The summed E-state index contributed by atoms with van der Waals surface area (Å²) in [6, 6.07) is 13.4. The van der Waals surface area contributed by atoms with Crippen LogP contribution in [0.2, 0.25) is 5.02 Å². The van der Waals surface area contributed by atoms with Crippen molar-refractivity contribution in [2.45, 2.75) is 0 Å². The van der Waals surface area contributed by atoms with Crippen LogP contribution >= 0.6 is 22.9 Å². The summed E-state index contributed by atoms with van der Waals surface area (Å²) in [4.78, 5) is 28.2. The van der Waals surface area contributed by atoms with E-state index >= 15 is 0 Å². The van der Waals surface area contributed by atoms with Gasteiger partial charge in [-0.3, -0.25) is 14.9 Å². The number of carbonyl (C=O) groups excluding carboxylic acids is 2. The summed E-state index contributed by atoms with van der Waals surface area (Å²) in [5, 5.41) is 8.14. The van der Waals surface area contributed by atoms with Crippen LogP contribution in [0.15, 0.2) is 60.1 Å². The van der Waals surface area contributed by atoms with Crippen LogP contribution in [0.1, 0.15) is 20.7 Å². The van der Waals surface area contributed by atoms with Crippen LogP contribution < -0.4 is 10.6 Å². The number of thiazole rings is 1. The lowest BCUT2D eigenvalue weighted by Crippen LogP contribution is -2.14. The van der Waals surface area contributed by atoms with E-state index in [0.717, 1.165) is 0 Å². The fourth-order valence-electron chi connectivity index (χ4n) is 2.00. The molecular weight excluding hydrogens is 346 g/mol. The van der Waals surface area contributed by atoms with Crippen molar-refractivity contribution in [1.29, 1.82) is 0 Å². The summed E-state index contributed by atoms with van der Waals surface area (Å²) in [6.45, 7) is 0. The quantitative estimate of drug-likeness (QED) is 0.731. The lowest BCUT2D eigenvalue weighted by molar-refractivity contribution is 0.102. The van der Waals surface area contributed by atoms with Crippen LogP contribution in [0.3, 0.4) is 0 Å². The standard InChI is InChI=1S/C17H12ClN3O2S/c18-14-4-2-1-3-13(14)16(23)20-12-7-5-11(6-8-12)15(22)21-17-19-9-10-24-17/h1-10H,(H,20,23)(H,19,21,22). The minimum atomic E-state index is -0.305. The fourth-order valence-corrected chi connectivity index (χ4v) is 2.75. The molecular formula is C17H12ClN3O2S. The Hall–Kier alpha value is -2.70. The number of rotatable bonds is 4. The molecule has 120 valence electrons. The zero-order valence-corrected chi connectivity index (χ0v) is 13.9. The summed E-state index contributed by atoms with van der Waals surface area (Å²) < 4.78 is 0. The van der Waals surface area contributed by atoms with Gasteiger partial charge in [-0.15, -0.1) is 11.3 Å². The smallest absolute Gasteiger partial charge is 0.257 e. The Kier molecular flexibility index (Phi) is 4.88. The number of nitrogens with zero attached hydrogens (tertiary/aromatic N) is 1. The van der Waals surface area contributed by atoms with E-state index in [9.17, 15) is 9.59 Å². The highest BCUT2D eigenvalue weighted by molar-refractivity contribution is 7.13. The van der Waals surface area contributed by atoms with E-state index in [4.69, 9.17) is 11.6 Å². The van der Waals surface area contributed by atoms with Crippen LogP contribution in [0, 0.1) is 0 Å². The second-order valence-electron chi connectivity index (χ2n) is 4.80. The van der Waals surface area contributed by atoms with E-state index in [2.05, 4.69) is 15.6 Å². The first-order valence-corrected chi connectivity index (χ1v) is 8.26. The normalized spacial score (nSPS) is 10.2. The van der Waals surface area contributed by atoms with Gasteiger partial charge in [0.25, 0.3) is 11.8 Å². The van der Waals surface area contributed by atoms with Crippen LogP contribution in [0.4, 0.5) is 10.8 Å². The molecule has 5 nitrogen and oxygen atoms in total. The third kappa shape index (κ3) is 3.79. The van der Waals surface area contributed by atoms with Gasteiger partial charge >= 0.3 is 0 Å². The number of anilines is 2. The first kappa shape index (κ1) is 16.2. The maximum atomic E-state index is 12.2. The van der Waals surface area contributed by atoms with E-state index in [1.807, 2.05) is 0 Å². The monoisotopic (exact) mass is 357 g/mol. The zero-order chi connectivity index (χ0) is 16.9. The average Bonchev–Trinajstić information content (AvgIpc) is 3.08.